The SMILES string of the molecule is COc1ccc(-c2noc(CN3CCC(C(=O)N4CCN(c5ccccc5OC)CC4)CC3)n2)cc1. The summed E-state index contributed by atoms with van der Waals surface area (Å²) in [5, 5.41) is 4.12. The van der Waals surface area contributed by atoms with Gasteiger partial charge in [-0.3, -0.25) is 9.69 Å². The van der Waals surface area contributed by atoms with Crippen molar-refractivity contribution in [2.75, 3.05) is 58.4 Å². The van der Waals surface area contributed by atoms with Crippen LogP contribution in [0.15, 0.2) is 53.1 Å². The van der Waals surface area contributed by atoms with E-state index in [-0.39, 0.29) is 11.8 Å². The minimum atomic E-state index is 0.0802. The predicted molar refractivity (Wildman–Crippen MR) is 136 cm³/mol. The van der Waals surface area contributed by atoms with E-state index < -0.39 is 0 Å². The van der Waals surface area contributed by atoms with Crippen LogP contribution in [-0.2, 0) is 11.3 Å². The quantitative estimate of drug-likeness (QED) is 0.498. The number of piperazine rings is 1. The molecule has 3 heterocycles. The Morgan fingerprint density at radius 2 is 1.67 bits per heavy atom. The third kappa shape index (κ3) is 5.31. The smallest absolute Gasteiger partial charge is 0.241 e. The summed E-state index contributed by atoms with van der Waals surface area (Å²) in [4.78, 5) is 24.4. The molecule has 9 nitrogen and oxygen atoms in total. The molecule has 2 saturated heterocycles. The lowest BCUT2D eigenvalue weighted by atomic mass is 9.95. The van der Waals surface area contributed by atoms with Crippen molar-refractivity contribution in [2.45, 2.75) is 19.4 Å². The first kappa shape index (κ1) is 24.1. The third-order valence-electron chi connectivity index (χ3n) is 7.13. The van der Waals surface area contributed by atoms with Gasteiger partial charge >= 0.3 is 0 Å². The fraction of sp³-hybridized carbons (Fsp3) is 0.444. The van der Waals surface area contributed by atoms with E-state index in [2.05, 4.69) is 26.0 Å². The highest BCUT2D eigenvalue weighted by Gasteiger charge is 2.31. The fourth-order valence-electron chi connectivity index (χ4n) is 5.02. The summed E-state index contributed by atoms with van der Waals surface area (Å²) in [6, 6.07) is 15.7. The number of hydrogen-bond acceptors (Lipinski definition) is 8. The number of likely N-dealkylation sites (tertiary alicyclic amines) is 1. The van der Waals surface area contributed by atoms with Gasteiger partial charge in [-0.1, -0.05) is 17.3 Å². The molecule has 0 spiro atoms. The largest absolute Gasteiger partial charge is 0.497 e. The van der Waals surface area contributed by atoms with E-state index in [4.69, 9.17) is 14.0 Å². The van der Waals surface area contributed by atoms with Gasteiger partial charge in [0, 0.05) is 37.7 Å². The molecule has 190 valence electrons. The second kappa shape index (κ2) is 11.0. The zero-order valence-corrected chi connectivity index (χ0v) is 20.9. The molecule has 0 unspecified atom stereocenters. The molecule has 3 aromatic rings. The number of para-hydroxylation sites is 2. The standard InChI is InChI=1S/C27H33N5O4/c1-34-22-9-7-20(8-10-22)26-28-25(36-29-26)19-30-13-11-21(12-14-30)27(33)32-17-15-31(16-18-32)23-5-3-4-6-24(23)35-2/h3-10,21H,11-19H2,1-2H3. The summed E-state index contributed by atoms with van der Waals surface area (Å²) in [5.41, 5.74) is 1.98. The zero-order chi connectivity index (χ0) is 24.9. The molecule has 0 N–H and O–H groups in total. The average Bonchev–Trinajstić information content (AvgIpc) is 3.41. The Bertz CT molecular complexity index is 1150. The molecule has 1 aromatic heterocycles. The molecule has 0 saturated carbocycles. The normalized spacial score (nSPS) is 17.3. The number of hydrogen-bond donors (Lipinski definition) is 0. The maximum absolute atomic E-state index is 13.2. The van der Waals surface area contributed by atoms with Gasteiger partial charge in [-0.15, -0.1) is 0 Å². The molecule has 0 bridgehead atoms. The number of carbonyl (C=O) groups excluding carboxylic acids is 1. The maximum Gasteiger partial charge on any atom is 0.241 e. The predicted octanol–water partition coefficient (Wildman–Crippen LogP) is 3.31. The summed E-state index contributed by atoms with van der Waals surface area (Å²) in [6.07, 6.45) is 1.70. The van der Waals surface area contributed by atoms with Crippen LogP contribution in [0.1, 0.15) is 18.7 Å². The third-order valence-corrected chi connectivity index (χ3v) is 7.13. The Hall–Kier alpha value is -3.59. The number of carbonyl (C=O) groups is 1. The number of piperidine rings is 1. The van der Waals surface area contributed by atoms with Crippen LogP contribution in [0.25, 0.3) is 11.4 Å². The van der Waals surface area contributed by atoms with Gasteiger partial charge in [0.15, 0.2) is 0 Å². The molecule has 2 aliphatic heterocycles. The van der Waals surface area contributed by atoms with Gasteiger partial charge in [-0.2, -0.15) is 4.98 Å². The number of aromatic nitrogens is 2. The van der Waals surface area contributed by atoms with Crippen molar-refractivity contribution in [1.29, 1.82) is 0 Å². The van der Waals surface area contributed by atoms with E-state index in [1.165, 1.54) is 0 Å². The molecule has 0 radical (unpaired) electrons. The van der Waals surface area contributed by atoms with Crippen LogP contribution in [0.4, 0.5) is 5.69 Å². The first-order chi connectivity index (χ1) is 17.6. The topological polar surface area (TPSA) is 84.2 Å². The second-order valence-electron chi connectivity index (χ2n) is 9.27. The molecular formula is C27H33N5O4. The Kier molecular flexibility index (Phi) is 7.36. The lowest BCUT2D eigenvalue weighted by molar-refractivity contribution is -0.137. The molecule has 2 fully saturated rings. The second-order valence-corrected chi connectivity index (χ2v) is 9.27. The molecule has 2 aliphatic rings. The van der Waals surface area contributed by atoms with Gasteiger partial charge in [-0.25, -0.2) is 0 Å². The van der Waals surface area contributed by atoms with Crippen LogP contribution in [0.5, 0.6) is 11.5 Å². The van der Waals surface area contributed by atoms with Crippen molar-refractivity contribution in [3.8, 4) is 22.9 Å². The summed E-state index contributed by atoms with van der Waals surface area (Å²) in [6.45, 7) is 5.41. The number of nitrogens with zero attached hydrogens (tertiary/aromatic N) is 5. The van der Waals surface area contributed by atoms with Gasteiger partial charge < -0.3 is 23.8 Å². The number of amides is 1. The lowest BCUT2D eigenvalue weighted by Crippen LogP contribution is -2.51. The summed E-state index contributed by atoms with van der Waals surface area (Å²) in [5.74, 6) is 3.20. The first-order valence-corrected chi connectivity index (χ1v) is 12.5. The molecule has 9 heteroatoms. The number of benzene rings is 2. The molecule has 5 rings (SSSR count). The Labute approximate surface area is 211 Å². The van der Waals surface area contributed by atoms with Crippen molar-refractivity contribution >= 4 is 11.6 Å². The van der Waals surface area contributed by atoms with E-state index in [0.29, 0.717) is 18.3 Å². The average molecular weight is 492 g/mol. The fourth-order valence-corrected chi connectivity index (χ4v) is 5.02. The Morgan fingerprint density at radius 1 is 0.944 bits per heavy atom. The minimum absolute atomic E-state index is 0.0802. The number of anilines is 1. The van der Waals surface area contributed by atoms with Gasteiger partial charge in [0.25, 0.3) is 0 Å². The van der Waals surface area contributed by atoms with Crippen LogP contribution >= 0.6 is 0 Å². The van der Waals surface area contributed by atoms with Crippen molar-refractivity contribution < 1.29 is 18.8 Å². The summed E-state index contributed by atoms with van der Waals surface area (Å²) < 4.78 is 16.2. The van der Waals surface area contributed by atoms with Crippen molar-refractivity contribution in [1.82, 2.24) is 19.9 Å². The van der Waals surface area contributed by atoms with E-state index >= 15 is 0 Å². The van der Waals surface area contributed by atoms with E-state index in [0.717, 1.165) is 74.9 Å². The Balaban J connectivity index is 1.09. The van der Waals surface area contributed by atoms with Crippen molar-refractivity contribution in [3.05, 3.63) is 54.4 Å². The van der Waals surface area contributed by atoms with Crippen molar-refractivity contribution in [3.63, 3.8) is 0 Å². The van der Waals surface area contributed by atoms with Crippen LogP contribution < -0.4 is 14.4 Å². The first-order valence-electron chi connectivity index (χ1n) is 12.5. The van der Waals surface area contributed by atoms with E-state index in [1.54, 1.807) is 14.2 Å². The van der Waals surface area contributed by atoms with Crippen molar-refractivity contribution in [2.24, 2.45) is 5.92 Å². The molecule has 0 aliphatic carbocycles. The minimum Gasteiger partial charge on any atom is -0.497 e. The maximum atomic E-state index is 13.2. The molecule has 2 aromatic carbocycles. The Morgan fingerprint density at radius 3 is 2.36 bits per heavy atom. The van der Waals surface area contributed by atoms with Gasteiger partial charge in [0.1, 0.15) is 11.5 Å². The monoisotopic (exact) mass is 491 g/mol. The van der Waals surface area contributed by atoms with Crippen LogP contribution in [0.2, 0.25) is 0 Å². The number of rotatable bonds is 7. The highest BCUT2D eigenvalue weighted by molar-refractivity contribution is 5.79. The van der Waals surface area contributed by atoms with Crippen LogP contribution in [0.3, 0.4) is 0 Å². The number of ether oxygens (including phenoxy) is 2. The van der Waals surface area contributed by atoms with Gasteiger partial charge in [0.05, 0.1) is 26.5 Å². The molecule has 1 amide bonds. The summed E-state index contributed by atoms with van der Waals surface area (Å²) in [7, 11) is 3.34. The highest BCUT2D eigenvalue weighted by atomic mass is 16.5. The number of methoxy groups -OCH3 is 2. The van der Waals surface area contributed by atoms with Gasteiger partial charge in [-0.05, 0) is 62.3 Å². The molecular weight excluding hydrogens is 458 g/mol. The van der Waals surface area contributed by atoms with E-state index in [9.17, 15) is 4.79 Å². The highest BCUT2D eigenvalue weighted by Crippen LogP contribution is 2.29. The molecule has 36 heavy (non-hydrogen) atoms. The lowest BCUT2D eigenvalue weighted by Gasteiger charge is -2.39. The van der Waals surface area contributed by atoms with Crippen LogP contribution in [0, 0.1) is 5.92 Å². The van der Waals surface area contributed by atoms with Crippen LogP contribution in [-0.4, -0.2) is 79.3 Å². The molecule has 0 atom stereocenters. The van der Waals surface area contributed by atoms with Gasteiger partial charge in [0.2, 0.25) is 17.6 Å². The van der Waals surface area contributed by atoms with E-state index in [1.807, 2.05) is 47.4 Å². The zero-order valence-electron chi connectivity index (χ0n) is 20.9. The summed E-state index contributed by atoms with van der Waals surface area (Å²) >= 11 is 0.